The van der Waals surface area contributed by atoms with Gasteiger partial charge in [-0.3, -0.25) is 14.4 Å². The molecule has 1 saturated carbocycles. The van der Waals surface area contributed by atoms with Crippen LogP contribution in [0, 0.1) is 0 Å². The van der Waals surface area contributed by atoms with E-state index >= 15 is 0 Å². The smallest absolute Gasteiger partial charge is 0.253 e. The number of benzene rings is 2. The van der Waals surface area contributed by atoms with Gasteiger partial charge in [-0.05, 0) is 56.0 Å². The van der Waals surface area contributed by atoms with Crippen molar-refractivity contribution in [2.75, 3.05) is 18.4 Å². The zero-order chi connectivity index (χ0) is 22.2. The third kappa shape index (κ3) is 7.15. The van der Waals surface area contributed by atoms with Crippen molar-refractivity contribution in [3.05, 3.63) is 58.1 Å². The number of amides is 3. The van der Waals surface area contributed by atoms with Crippen molar-refractivity contribution in [2.24, 2.45) is 0 Å². The molecule has 2 aromatic rings. The number of halogens is 2. The summed E-state index contributed by atoms with van der Waals surface area (Å²) >= 11 is 11.8. The van der Waals surface area contributed by atoms with Crippen molar-refractivity contribution < 1.29 is 19.1 Å². The Hall–Kier alpha value is -2.77. The highest BCUT2D eigenvalue weighted by Gasteiger charge is 2.17. The number of hydrogen-bond acceptors (Lipinski definition) is 4. The van der Waals surface area contributed by atoms with Gasteiger partial charge in [-0.25, -0.2) is 0 Å². The second-order valence-corrected chi connectivity index (χ2v) is 8.03. The van der Waals surface area contributed by atoms with Crippen LogP contribution in [0.2, 0.25) is 10.0 Å². The Kier molecular flexibility index (Phi) is 8.14. The molecule has 0 unspecified atom stereocenters. The number of carbonyl (C=O) groups excluding carboxylic acids is 3. The largest absolute Gasteiger partial charge is 0.490 e. The summed E-state index contributed by atoms with van der Waals surface area (Å²) in [4.78, 5) is 36.2. The van der Waals surface area contributed by atoms with Gasteiger partial charge in [-0.1, -0.05) is 29.3 Å². The second kappa shape index (κ2) is 11.0. The van der Waals surface area contributed by atoms with Crippen LogP contribution in [0.5, 0.6) is 5.75 Å². The Labute approximate surface area is 190 Å². The van der Waals surface area contributed by atoms with Gasteiger partial charge in [-0.15, -0.1) is 0 Å². The Morgan fingerprint density at radius 2 is 1.68 bits per heavy atom. The first kappa shape index (κ1) is 22.9. The van der Waals surface area contributed by atoms with E-state index in [1.807, 2.05) is 6.07 Å². The minimum Gasteiger partial charge on any atom is -0.490 e. The minimum atomic E-state index is -0.514. The number of hydrogen-bond donors (Lipinski definition) is 3. The highest BCUT2D eigenvalue weighted by Crippen LogP contribution is 2.25. The Morgan fingerprint density at radius 1 is 0.935 bits per heavy atom. The lowest BCUT2D eigenvalue weighted by molar-refractivity contribution is -0.123. The van der Waals surface area contributed by atoms with Crippen molar-refractivity contribution in [3.8, 4) is 5.75 Å². The highest BCUT2D eigenvalue weighted by atomic mass is 35.5. The third-order valence-electron chi connectivity index (χ3n) is 4.75. The highest BCUT2D eigenvalue weighted by molar-refractivity contribution is 6.36. The Bertz CT molecular complexity index is 962. The molecule has 9 heteroatoms. The maximum atomic E-state index is 12.1. The van der Waals surface area contributed by atoms with Crippen LogP contribution in [-0.2, 0) is 9.59 Å². The molecule has 0 atom stereocenters. The van der Waals surface area contributed by atoms with Crippen LogP contribution in [0.4, 0.5) is 5.69 Å². The van der Waals surface area contributed by atoms with Crippen molar-refractivity contribution in [2.45, 2.75) is 31.8 Å². The van der Waals surface area contributed by atoms with Crippen molar-refractivity contribution >= 4 is 46.6 Å². The van der Waals surface area contributed by atoms with E-state index in [4.69, 9.17) is 27.9 Å². The lowest BCUT2D eigenvalue weighted by Crippen LogP contribution is -2.40. The minimum absolute atomic E-state index is 0.184. The van der Waals surface area contributed by atoms with Gasteiger partial charge in [0.05, 0.1) is 29.8 Å². The van der Waals surface area contributed by atoms with Crippen LogP contribution < -0.4 is 20.7 Å². The summed E-state index contributed by atoms with van der Waals surface area (Å²) in [5, 5.41) is 8.21. The fourth-order valence-corrected chi connectivity index (χ4v) is 3.72. The van der Waals surface area contributed by atoms with E-state index in [1.165, 1.54) is 31.0 Å². The molecule has 1 fully saturated rings. The molecule has 1 aliphatic rings. The first-order chi connectivity index (χ1) is 14.9. The van der Waals surface area contributed by atoms with Crippen LogP contribution in [0.1, 0.15) is 36.0 Å². The van der Waals surface area contributed by atoms with E-state index in [1.54, 1.807) is 18.2 Å². The molecule has 2 aromatic carbocycles. The van der Waals surface area contributed by atoms with Crippen molar-refractivity contribution in [1.82, 2.24) is 10.6 Å². The summed E-state index contributed by atoms with van der Waals surface area (Å²) in [6.45, 7) is -0.528. The second-order valence-electron chi connectivity index (χ2n) is 7.18. The van der Waals surface area contributed by atoms with Crippen LogP contribution >= 0.6 is 23.2 Å². The van der Waals surface area contributed by atoms with Crippen LogP contribution in [-0.4, -0.2) is 36.9 Å². The molecule has 0 saturated heterocycles. The predicted molar refractivity (Wildman–Crippen MR) is 120 cm³/mol. The molecular formula is C22H23Cl2N3O4. The number of ether oxygens (including phenoxy) is 1. The summed E-state index contributed by atoms with van der Waals surface area (Å²) in [6.07, 6.45) is 4.66. The fraction of sp³-hybridized carbons (Fsp3) is 0.318. The molecule has 0 aliphatic heterocycles. The van der Waals surface area contributed by atoms with Gasteiger partial charge in [0, 0.05) is 16.8 Å². The Balaban J connectivity index is 1.41. The van der Waals surface area contributed by atoms with Gasteiger partial charge in [0.2, 0.25) is 11.8 Å². The molecule has 0 radical (unpaired) electrons. The van der Waals surface area contributed by atoms with E-state index in [0.29, 0.717) is 16.5 Å². The zero-order valence-corrected chi connectivity index (χ0v) is 18.3. The predicted octanol–water partition coefficient (Wildman–Crippen LogP) is 3.80. The first-order valence-electron chi connectivity index (χ1n) is 9.97. The monoisotopic (exact) mass is 463 g/mol. The van der Waals surface area contributed by atoms with Gasteiger partial charge in [0.1, 0.15) is 5.75 Å². The summed E-state index contributed by atoms with van der Waals surface area (Å²) in [7, 11) is 0. The Morgan fingerprint density at radius 3 is 2.42 bits per heavy atom. The van der Waals surface area contributed by atoms with Crippen LogP contribution in [0.3, 0.4) is 0 Å². The van der Waals surface area contributed by atoms with Crippen molar-refractivity contribution in [1.29, 1.82) is 0 Å². The molecule has 0 spiro atoms. The average molecular weight is 464 g/mol. The van der Waals surface area contributed by atoms with Crippen molar-refractivity contribution in [3.63, 3.8) is 0 Å². The quantitative estimate of drug-likeness (QED) is 0.554. The first-order valence-corrected chi connectivity index (χ1v) is 10.7. The molecule has 3 amide bonds. The molecule has 31 heavy (non-hydrogen) atoms. The summed E-state index contributed by atoms with van der Waals surface area (Å²) in [6, 6.07) is 11.6. The molecule has 1 aliphatic carbocycles. The normalized spacial score (nSPS) is 13.5. The molecule has 0 bridgehead atoms. The van der Waals surface area contributed by atoms with Gasteiger partial charge >= 0.3 is 0 Å². The average Bonchev–Trinajstić information content (AvgIpc) is 3.24. The molecule has 3 N–H and O–H groups in total. The van der Waals surface area contributed by atoms with Gasteiger partial charge < -0.3 is 20.7 Å². The van der Waals surface area contributed by atoms with Gasteiger partial charge in [0.25, 0.3) is 5.91 Å². The zero-order valence-electron chi connectivity index (χ0n) is 16.8. The van der Waals surface area contributed by atoms with Gasteiger partial charge in [0.15, 0.2) is 0 Å². The van der Waals surface area contributed by atoms with E-state index in [9.17, 15) is 14.4 Å². The third-order valence-corrected chi connectivity index (χ3v) is 5.30. The van der Waals surface area contributed by atoms with Gasteiger partial charge in [-0.2, -0.15) is 0 Å². The lowest BCUT2D eigenvalue weighted by atomic mass is 10.2. The number of rotatable bonds is 8. The summed E-state index contributed by atoms with van der Waals surface area (Å²) < 4.78 is 5.92. The summed E-state index contributed by atoms with van der Waals surface area (Å²) in [5.74, 6) is -0.706. The standard InChI is InChI=1S/C22H23Cl2N3O4/c23-14-8-9-18(19(24)10-14)22(30)26-12-20(28)25-13-21(29)27-15-4-3-7-17(11-15)31-16-5-1-2-6-16/h3-4,7-11,16H,1-2,5-6,12-13H2,(H,25,28)(H,26,30)(H,27,29). The van der Waals surface area contributed by atoms with Crippen LogP contribution in [0.25, 0.3) is 0 Å². The molecule has 164 valence electrons. The maximum Gasteiger partial charge on any atom is 0.253 e. The molecule has 7 nitrogen and oxygen atoms in total. The number of anilines is 1. The fourth-order valence-electron chi connectivity index (χ4n) is 3.22. The maximum absolute atomic E-state index is 12.1. The number of nitrogens with one attached hydrogen (secondary N) is 3. The molecule has 0 aromatic heterocycles. The van der Waals surface area contributed by atoms with E-state index < -0.39 is 17.7 Å². The summed E-state index contributed by atoms with van der Waals surface area (Å²) in [5.41, 5.74) is 0.789. The van der Waals surface area contributed by atoms with Crippen LogP contribution in [0.15, 0.2) is 42.5 Å². The van der Waals surface area contributed by atoms with E-state index in [2.05, 4.69) is 16.0 Å². The molecule has 3 rings (SSSR count). The lowest BCUT2D eigenvalue weighted by Gasteiger charge is -2.14. The molecular weight excluding hydrogens is 441 g/mol. The topological polar surface area (TPSA) is 96.5 Å². The molecule has 0 heterocycles. The van der Waals surface area contributed by atoms with E-state index in [0.717, 1.165) is 12.8 Å². The van der Waals surface area contributed by atoms with E-state index in [-0.39, 0.29) is 29.8 Å². The SMILES string of the molecule is O=C(CNC(=O)c1ccc(Cl)cc1Cl)NCC(=O)Nc1cccc(OC2CCCC2)c1. The number of carbonyl (C=O) groups is 3.